The van der Waals surface area contributed by atoms with Crippen LogP contribution in [-0.2, 0) is 4.79 Å². The summed E-state index contributed by atoms with van der Waals surface area (Å²) in [6.45, 7) is 1.82. The van der Waals surface area contributed by atoms with Crippen molar-refractivity contribution < 1.29 is 9.90 Å². The number of amides is 1. The Hall–Kier alpha value is -1.55. The summed E-state index contributed by atoms with van der Waals surface area (Å²) in [5.41, 5.74) is 7.50. The number of nitrogens with one attached hydrogen (secondary N) is 1. The maximum absolute atomic E-state index is 12.3. The summed E-state index contributed by atoms with van der Waals surface area (Å²) in [4.78, 5) is 12.3. The van der Waals surface area contributed by atoms with Gasteiger partial charge in [0.05, 0.1) is 5.92 Å². The summed E-state index contributed by atoms with van der Waals surface area (Å²) in [6.07, 6.45) is 5.09. The van der Waals surface area contributed by atoms with E-state index < -0.39 is 0 Å². The number of anilines is 1. The molecular formula is C15H22N2O2. The second kappa shape index (κ2) is 6.06. The fourth-order valence-electron chi connectivity index (χ4n) is 2.58. The molecule has 1 aromatic carbocycles. The van der Waals surface area contributed by atoms with Crippen LogP contribution in [0.25, 0.3) is 0 Å². The van der Waals surface area contributed by atoms with Gasteiger partial charge < -0.3 is 16.2 Å². The maximum Gasteiger partial charge on any atom is 0.229 e. The van der Waals surface area contributed by atoms with Crippen LogP contribution in [0.15, 0.2) is 18.2 Å². The van der Waals surface area contributed by atoms with E-state index in [4.69, 9.17) is 5.73 Å². The van der Waals surface area contributed by atoms with Crippen LogP contribution in [0.5, 0.6) is 5.75 Å². The number of phenolic OH excluding ortho intramolecular Hbond substituents is 1. The predicted octanol–water partition coefficient (Wildman–Crippen LogP) is 2.55. The molecule has 1 aliphatic carbocycles. The highest BCUT2D eigenvalue weighted by Gasteiger charge is 2.27. The van der Waals surface area contributed by atoms with Crippen LogP contribution in [0, 0.1) is 12.8 Å². The fraction of sp³-hybridized carbons (Fsp3) is 0.533. The number of carbonyl (C=O) groups is 1. The third-order valence-corrected chi connectivity index (χ3v) is 3.88. The Morgan fingerprint density at radius 1 is 1.32 bits per heavy atom. The second-order valence-electron chi connectivity index (χ2n) is 5.40. The number of aryl methyl sites for hydroxylation is 1. The van der Waals surface area contributed by atoms with E-state index in [2.05, 4.69) is 5.32 Å². The third kappa shape index (κ3) is 3.47. The van der Waals surface area contributed by atoms with E-state index in [1.165, 1.54) is 0 Å². The van der Waals surface area contributed by atoms with Gasteiger partial charge in [-0.25, -0.2) is 0 Å². The van der Waals surface area contributed by atoms with Gasteiger partial charge >= 0.3 is 0 Å². The van der Waals surface area contributed by atoms with Gasteiger partial charge in [-0.1, -0.05) is 25.3 Å². The molecule has 19 heavy (non-hydrogen) atoms. The number of nitrogens with two attached hydrogens (primary N) is 1. The average Bonchev–Trinajstić information content (AvgIpc) is 2.58. The van der Waals surface area contributed by atoms with E-state index in [0.29, 0.717) is 5.69 Å². The van der Waals surface area contributed by atoms with Gasteiger partial charge in [-0.2, -0.15) is 0 Å². The molecule has 4 nitrogen and oxygen atoms in total. The highest BCUT2D eigenvalue weighted by molar-refractivity contribution is 5.93. The van der Waals surface area contributed by atoms with Crippen molar-refractivity contribution in [3.8, 4) is 5.75 Å². The number of benzene rings is 1. The smallest absolute Gasteiger partial charge is 0.229 e. The first kappa shape index (κ1) is 13.9. The number of aromatic hydroxyl groups is 1. The van der Waals surface area contributed by atoms with Crippen LogP contribution >= 0.6 is 0 Å². The number of carbonyl (C=O) groups excluding carboxylic acids is 1. The Morgan fingerprint density at radius 3 is 2.79 bits per heavy atom. The lowest BCUT2D eigenvalue weighted by Gasteiger charge is -2.20. The van der Waals surface area contributed by atoms with Gasteiger partial charge in [0.25, 0.3) is 0 Å². The number of rotatable bonds is 2. The molecule has 0 aliphatic heterocycles. The first-order valence-corrected chi connectivity index (χ1v) is 6.94. The quantitative estimate of drug-likeness (QED) is 0.717. The molecule has 4 heteroatoms. The molecule has 0 spiro atoms. The van der Waals surface area contributed by atoms with Crippen molar-refractivity contribution >= 4 is 11.6 Å². The molecule has 0 heterocycles. The largest absolute Gasteiger partial charge is 0.508 e. The number of hydrogen-bond acceptors (Lipinski definition) is 3. The molecule has 1 fully saturated rings. The summed E-state index contributed by atoms with van der Waals surface area (Å²) in [6, 6.07) is 5.12. The molecule has 0 bridgehead atoms. The Labute approximate surface area is 114 Å². The molecule has 2 atom stereocenters. The predicted molar refractivity (Wildman–Crippen MR) is 76.0 cm³/mol. The van der Waals surface area contributed by atoms with Crippen LogP contribution in [0.3, 0.4) is 0 Å². The minimum absolute atomic E-state index is 0.0300. The summed E-state index contributed by atoms with van der Waals surface area (Å²) >= 11 is 0. The second-order valence-corrected chi connectivity index (χ2v) is 5.40. The zero-order valence-corrected chi connectivity index (χ0v) is 11.4. The van der Waals surface area contributed by atoms with Crippen molar-refractivity contribution in [3.05, 3.63) is 23.8 Å². The van der Waals surface area contributed by atoms with Crippen molar-refractivity contribution in [2.45, 2.75) is 45.1 Å². The van der Waals surface area contributed by atoms with Crippen molar-refractivity contribution in [2.24, 2.45) is 11.7 Å². The SMILES string of the molecule is Cc1ccc(NC(=O)C2CCCCCC2N)cc1O. The van der Waals surface area contributed by atoms with Gasteiger partial charge in [-0.05, 0) is 31.4 Å². The molecular weight excluding hydrogens is 240 g/mol. The minimum atomic E-state index is -0.119. The monoisotopic (exact) mass is 262 g/mol. The lowest BCUT2D eigenvalue weighted by molar-refractivity contribution is -0.120. The Balaban J connectivity index is 2.04. The van der Waals surface area contributed by atoms with Crippen LogP contribution in [0.2, 0.25) is 0 Å². The lowest BCUT2D eigenvalue weighted by Crippen LogP contribution is -2.37. The van der Waals surface area contributed by atoms with Gasteiger partial charge in [0.15, 0.2) is 0 Å². The lowest BCUT2D eigenvalue weighted by atomic mass is 9.94. The van der Waals surface area contributed by atoms with Gasteiger partial charge in [0, 0.05) is 17.8 Å². The van der Waals surface area contributed by atoms with Crippen molar-refractivity contribution in [1.82, 2.24) is 0 Å². The standard InChI is InChI=1S/C15H22N2O2/c1-10-7-8-11(9-14(10)18)17-15(19)12-5-3-2-4-6-13(12)16/h7-9,12-13,18H,2-6,16H2,1H3,(H,17,19). The first-order valence-electron chi connectivity index (χ1n) is 6.94. The zero-order valence-electron chi connectivity index (χ0n) is 11.4. The topological polar surface area (TPSA) is 75.4 Å². The van der Waals surface area contributed by atoms with Crippen LogP contribution in [0.1, 0.15) is 37.7 Å². The summed E-state index contributed by atoms with van der Waals surface area (Å²) < 4.78 is 0. The van der Waals surface area contributed by atoms with Crippen LogP contribution in [-0.4, -0.2) is 17.1 Å². The van der Waals surface area contributed by atoms with E-state index in [1.807, 2.05) is 6.92 Å². The zero-order chi connectivity index (χ0) is 13.8. The van der Waals surface area contributed by atoms with Gasteiger partial charge in [-0.15, -0.1) is 0 Å². The third-order valence-electron chi connectivity index (χ3n) is 3.88. The molecule has 0 aromatic heterocycles. The molecule has 2 unspecified atom stereocenters. The van der Waals surface area contributed by atoms with Crippen molar-refractivity contribution in [2.75, 3.05) is 5.32 Å². The average molecular weight is 262 g/mol. The Kier molecular flexibility index (Phi) is 4.43. The first-order chi connectivity index (χ1) is 9.08. The van der Waals surface area contributed by atoms with E-state index in [0.717, 1.165) is 37.7 Å². The summed E-state index contributed by atoms with van der Waals surface area (Å²) in [5.74, 6) is 0.0477. The number of hydrogen-bond donors (Lipinski definition) is 3. The van der Waals surface area contributed by atoms with E-state index in [1.54, 1.807) is 18.2 Å². The molecule has 104 valence electrons. The van der Waals surface area contributed by atoms with E-state index in [-0.39, 0.29) is 23.6 Å². The van der Waals surface area contributed by atoms with E-state index >= 15 is 0 Å². The normalized spacial score (nSPS) is 23.7. The highest BCUT2D eigenvalue weighted by Crippen LogP contribution is 2.25. The molecule has 4 N–H and O–H groups in total. The molecule has 0 saturated heterocycles. The highest BCUT2D eigenvalue weighted by atomic mass is 16.3. The minimum Gasteiger partial charge on any atom is -0.508 e. The molecule has 0 radical (unpaired) electrons. The van der Waals surface area contributed by atoms with Gasteiger partial charge in [0.1, 0.15) is 5.75 Å². The van der Waals surface area contributed by atoms with Crippen molar-refractivity contribution in [3.63, 3.8) is 0 Å². The summed E-state index contributed by atoms with van der Waals surface area (Å²) in [7, 11) is 0. The van der Waals surface area contributed by atoms with Gasteiger partial charge in [-0.3, -0.25) is 4.79 Å². The number of phenols is 1. The molecule has 1 aromatic rings. The molecule has 1 aliphatic rings. The molecule has 2 rings (SSSR count). The summed E-state index contributed by atoms with van der Waals surface area (Å²) in [5, 5.41) is 12.5. The molecule has 1 saturated carbocycles. The fourth-order valence-corrected chi connectivity index (χ4v) is 2.58. The van der Waals surface area contributed by atoms with Gasteiger partial charge in [0.2, 0.25) is 5.91 Å². The van der Waals surface area contributed by atoms with Crippen molar-refractivity contribution in [1.29, 1.82) is 0 Å². The van der Waals surface area contributed by atoms with Crippen LogP contribution < -0.4 is 11.1 Å². The Bertz CT molecular complexity index is 459. The van der Waals surface area contributed by atoms with Crippen LogP contribution in [0.4, 0.5) is 5.69 Å². The molecule has 1 amide bonds. The van der Waals surface area contributed by atoms with E-state index in [9.17, 15) is 9.90 Å². The maximum atomic E-state index is 12.3. The Morgan fingerprint density at radius 2 is 2.05 bits per heavy atom.